The number of rotatable bonds is 1. The van der Waals surface area contributed by atoms with Crippen molar-refractivity contribution in [3.63, 3.8) is 0 Å². The number of carbonyl (C=O) groups excluding carboxylic acids is 1. The third-order valence-corrected chi connectivity index (χ3v) is 2.12. The fourth-order valence-corrected chi connectivity index (χ4v) is 1.37. The number of hydrogen-bond donors (Lipinski definition) is 0. The van der Waals surface area contributed by atoms with Crippen LogP contribution in [0.5, 0.6) is 0 Å². The van der Waals surface area contributed by atoms with Crippen LogP contribution in [-0.2, 0) is 4.79 Å². The van der Waals surface area contributed by atoms with E-state index in [1.807, 2.05) is 42.5 Å². The van der Waals surface area contributed by atoms with E-state index in [9.17, 15) is 4.79 Å². The smallest absolute Gasteiger partial charge is 0.193 e. The number of pyridine rings is 1. The fourth-order valence-electron chi connectivity index (χ4n) is 1.37. The van der Waals surface area contributed by atoms with Crippen molar-refractivity contribution in [1.29, 1.82) is 0 Å². The van der Waals surface area contributed by atoms with E-state index in [2.05, 4.69) is 16.8 Å². The topological polar surface area (TPSA) is 30.0 Å². The van der Waals surface area contributed by atoms with Gasteiger partial charge in [-0.25, -0.2) is 0 Å². The van der Waals surface area contributed by atoms with Crippen molar-refractivity contribution in [2.24, 2.45) is 0 Å². The van der Waals surface area contributed by atoms with E-state index < -0.39 is 0 Å². The van der Waals surface area contributed by atoms with Crippen LogP contribution in [0, 0.1) is 11.8 Å². The Labute approximate surface area is 94.0 Å². The number of nitrogens with zero attached hydrogens (tertiary/aromatic N) is 1. The van der Waals surface area contributed by atoms with Crippen LogP contribution in [0.15, 0.2) is 48.7 Å². The van der Waals surface area contributed by atoms with E-state index >= 15 is 0 Å². The van der Waals surface area contributed by atoms with Crippen LogP contribution in [0.1, 0.15) is 5.56 Å². The minimum atomic E-state index is 0.590. The highest BCUT2D eigenvalue weighted by molar-refractivity contribution is 5.74. The molecule has 0 amide bonds. The SMILES string of the molecule is O=CC#Cc1ccc(-c2ccccn2)cc1. The van der Waals surface area contributed by atoms with Gasteiger partial charge in [-0.2, -0.15) is 0 Å². The number of carbonyl (C=O) groups is 1. The molecule has 0 aliphatic heterocycles. The molecule has 0 atom stereocenters. The van der Waals surface area contributed by atoms with E-state index in [1.165, 1.54) is 0 Å². The zero-order chi connectivity index (χ0) is 11.2. The minimum absolute atomic E-state index is 0.590. The lowest BCUT2D eigenvalue weighted by Crippen LogP contribution is -1.82. The Bertz CT molecular complexity index is 532. The predicted octanol–water partition coefficient (Wildman–Crippen LogP) is 2.30. The van der Waals surface area contributed by atoms with E-state index in [0.29, 0.717) is 6.29 Å². The van der Waals surface area contributed by atoms with Crippen LogP contribution in [0.3, 0.4) is 0 Å². The van der Waals surface area contributed by atoms with Crippen LogP contribution in [-0.4, -0.2) is 11.3 Å². The first kappa shape index (κ1) is 10.1. The zero-order valence-corrected chi connectivity index (χ0v) is 8.55. The van der Waals surface area contributed by atoms with Gasteiger partial charge in [0.2, 0.25) is 0 Å². The Morgan fingerprint density at radius 3 is 2.50 bits per heavy atom. The molecule has 0 fully saturated rings. The molecule has 2 aromatic rings. The van der Waals surface area contributed by atoms with Gasteiger partial charge in [-0.15, -0.1) is 0 Å². The molecule has 0 saturated heterocycles. The van der Waals surface area contributed by atoms with Crippen LogP contribution < -0.4 is 0 Å². The van der Waals surface area contributed by atoms with Gasteiger partial charge in [-0.1, -0.05) is 24.1 Å². The maximum atomic E-state index is 10.1. The Hall–Kier alpha value is -2.40. The van der Waals surface area contributed by atoms with Gasteiger partial charge in [0.05, 0.1) is 5.69 Å². The fraction of sp³-hybridized carbons (Fsp3) is 0. The maximum absolute atomic E-state index is 10.1. The van der Waals surface area contributed by atoms with Crippen molar-refractivity contribution in [3.8, 4) is 23.1 Å². The van der Waals surface area contributed by atoms with Gasteiger partial charge < -0.3 is 0 Å². The molecule has 0 N–H and O–H groups in total. The molecule has 1 heterocycles. The Balaban J connectivity index is 2.30. The normalized spacial score (nSPS) is 9.00. The molecule has 0 radical (unpaired) electrons. The molecule has 0 aliphatic rings. The summed E-state index contributed by atoms with van der Waals surface area (Å²) in [5.74, 6) is 5.11. The van der Waals surface area contributed by atoms with Gasteiger partial charge in [0.15, 0.2) is 6.29 Å². The van der Waals surface area contributed by atoms with Gasteiger partial charge in [-0.05, 0) is 30.2 Å². The molecule has 0 aliphatic carbocycles. The van der Waals surface area contributed by atoms with Crippen molar-refractivity contribution in [2.75, 3.05) is 0 Å². The van der Waals surface area contributed by atoms with Crippen LogP contribution in [0.2, 0.25) is 0 Å². The van der Waals surface area contributed by atoms with Crippen LogP contribution >= 0.6 is 0 Å². The van der Waals surface area contributed by atoms with Gasteiger partial charge in [0, 0.05) is 17.3 Å². The van der Waals surface area contributed by atoms with Gasteiger partial charge >= 0.3 is 0 Å². The quantitative estimate of drug-likeness (QED) is 0.530. The number of aromatic nitrogens is 1. The van der Waals surface area contributed by atoms with Gasteiger partial charge in [0.1, 0.15) is 0 Å². The van der Waals surface area contributed by atoms with E-state index in [4.69, 9.17) is 0 Å². The van der Waals surface area contributed by atoms with Crippen molar-refractivity contribution in [1.82, 2.24) is 4.98 Å². The number of hydrogen-bond acceptors (Lipinski definition) is 2. The summed E-state index contributed by atoms with van der Waals surface area (Å²) in [6, 6.07) is 13.4. The largest absolute Gasteiger partial charge is 0.289 e. The first-order valence-corrected chi connectivity index (χ1v) is 4.87. The highest BCUT2D eigenvalue weighted by Crippen LogP contribution is 2.16. The molecule has 1 aromatic carbocycles. The van der Waals surface area contributed by atoms with Gasteiger partial charge in [-0.3, -0.25) is 9.78 Å². The summed E-state index contributed by atoms with van der Waals surface area (Å²) in [7, 11) is 0. The molecule has 0 bridgehead atoms. The predicted molar refractivity (Wildman–Crippen MR) is 62.6 cm³/mol. The summed E-state index contributed by atoms with van der Waals surface area (Å²) in [4.78, 5) is 14.3. The second-order valence-electron chi connectivity index (χ2n) is 3.18. The summed E-state index contributed by atoms with van der Waals surface area (Å²) in [5.41, 5.74) is 2.79. The standard InChI is InChI=1S/C14H9NO/c16-11-3-4-12-6-8-13(9-7-12)14-5-1-2-10-15-14/h1-2,5-11H. The maximum Gasteiger partial charge on any atom is 0.193 e. The Morgan fingerprint density at radius 1 is 1.06 bits per heavy atom. The lowest BCUT2D eigenvalue weighted by atomic mass is 10.1. The minimum Gasteiger partial charge on any atom is -0.289 e. The Morgan fingerprint density at radius 2 is 1.88 bits per heavy atom. The molecule has 0 unspecified atom stereocenters. The molecular formula is C14H9NO. The summed E-state index contributed by atoms with van der Waals surface area (Å²) in [6.45, 7) is 0. The van der Waals surface area contributed by atoms with Crippen molar-refractivity contribution in [2.45, 2.75) is 0 Å². The first-order chi connectivity index (χ1) is 7.90. The van der Waals surface area contributed by atoms with Crippen molar-refractivity contribution >= 4 is 6.29 Å². The monoisotopic (exact) mass is 207 g/mol. The summed E-state index contributed by atoms with van der Waals surface area (Å²) in [6.07, 6.45) is 2.35. The average Bonchev–Trinajstić information content (AvgIpc) is 2.38. The van der Waals surface area contributed by atoms with Gasteiger partial charge in [0.25, 0.3) is 0 Å². The molecule has 76 valence electrons. The third-order valence-electron chi connectivity index (χ3n) is 2.12. The number of aldehydes is 1. The highest BCUT2D eigenvalue weighted by atomic mass is 16.1. The Kier molecular flexibility index (Phi) is 3.10. The molecule has 0 saturated carbocycles. The molecule has 2 nitrogen and oxygen atoms in total. The molecule has 2 heteroatoms. The first-order valence-electron chi connectivity index (χ1n) is 4.87. The molecule has 16 heavy (non-hydrogen) atoms. The van der Waals surface area contributed by atoms with E-state index in [-0.39, 0.29) is 0 Å². The summed E-state index contributed by atoms with van der Waals surface area (Å²) < 4.78 is 0. The molecule has 2 rings (SSSR count). The molecule has 0 spiro atoms. The zero-order valence-electron chi connectivity index (χ0n) is 8.55. The second kappa shape index (κ2) is 4.90. The van der Waals surface area contributed by atoms with Crippen LogP contribution in [0.4, 0.5) is 0 Å². The highest BCUT2D eigenvalue weighted by Gasteiger charge is 1.96. The average molecular weight is 207 g/mol. The van der Waals surface area contributed by atoms with E-state index in [1.54, 1.807) is 6.20 Å². The lowest BCUT2D eigenvalue weighted by Gasteiger charge is -1.99. The number of benzene rings is 1. The molecule has 1 aromatic heterocycles. The summed E-state index contributed by atoms with van der Waals surface area (Å²) >= 11 is 0. The lowest BCUT2D eigenvalue weighted by molar-refractivity contribution is -0.103. The summed E-state index contributed by atoms with van der Waals surface area (Å²) in [5, 5.41) is 0. The third kappa shape index (κ3) is 2.34. The molecular weight excluding hydrogens is 198 g/mol. The van der Waals surface area contributed by atoms with Crippen molar-refractivity contribution in [3.05, 3.63) is 54.2 Å². The van der Waals surface area contributed by atoms with Crippen molar-refractivity contribution < 1.29 is 4.79 Å². The second-order valence-corrected chi connectivity index (χ2v) is 3.18. The van der Waals surface area contributed by atoms with Crippen LogP contribution in [0.25, 0.3) is 11.3 Å². The van der Waals surface area contributed by atoms with E-state index in [0.717, 1.165) is 16.8 Å².